The zero-order chi connectivity index (χ0) is 12.7. The molecule has 1 aromatic carbocycles. The van der Waals surface area contributed by atoms with E-state index < -0.39 is 0 Å². The molecule has 2 aromatic heterocycles. The number of hydrogen-bond acceptors (Lipinski definition) is 4. The molecule has 18 heavy (non-hydrogen) atoms. The van der Waals surface area contributed by atoms with Crippen molar-refractivity contribution < 1.29 is 4.42 Å². The van der Waals surface area contributed by atoms with Crippen LogP contribution in [-0.2, 0) is 7.05 Å². The van der Waals surface area contributed by atoms with Crippen molar-refractivity contribution in [3.05, 3.63) is 45.8 Å². The normalized spacial score (nSPS) is 10.9. The Hall–Kier alpha value is -2.21. The first-order valence-corrected chi connectivity index (χ1v) is 5.71. The van der Waals surface area contributed by atoms with E-state index in [2.05, 4.69) is 9.97 Å². The minimum atomic E-state index is -0.371. The lowest BCUT2D eigenvalue weighted by molar-refractivity contribution is 0.528. The van der Waals surface area contributed by atoms with Crippen molar-refractivity contribution in [1.82, 2.24) is 14.5 Å². The fourth-order valence-corrected chi connectivity index (χ4v) is 2.01. The Bertz CT molecular complexity index is 844. The number of aryl methyl sites for hydroxylation is 1. The van der Waals surface area contributed by atoms with E-state index in [0.29, 0.717) is 10.4 Å². The van der Waals surface area contributed by atoms with Gasteiger partial charge in [-0.1, -0.05) is 6.07 Å². The van der Waals surface area contributed by atoms with Crippen LogP contribution in [-0.4, -0.2) is 14.5 Å². The molecule has 3 aromatic rings. The van der Waals surface area contributed by atoms with Crippen LogP contribution in [0.2, 0.25) is 0 Å². The van der Waals surface area contributed by atoms with Crippen LogP contribution in [0.1, 0.15) is 0 Å². The van der Waals surface area contributed by atoms with Crippen molar-refractivity contribution in [3.8, 4) is 11.3 Å². The van der Waals surface area contributed by atoms with Crippen LogP contribution < -0.4 is 5.76 Å². The Balaban J connectivity index is 2.25. The molecule has 0 unspecified atom stereocenters. The number of fused-ring (bicyclic) bond motifs is 1. The maximum Gasteiger partial charge on any atom is 0.419 e. The summed E-state index contributed by atoms with van der Waals surface area (Å²) >= 11 is 4.98. The summed E-state index contributed by atoms with van der Waals surface area (Å²) in [5.41, 5.74) is 3.04. The monoisotopic (exact) mass is 259 g/mol. The van der Waals surface area contributed by atoms with Crippen molar-refractivity contribution in [2.24, 2.45) is 7.05 Å². The van der Waals surface area contributed by atoms with E-state index in [1.807, 2.05) is 18.2 Å². The molecule has 90 valence electrons. The van der Waals surface area contributed by atoms with Gasteiger partial charge in [0.05, 0.1) is 5.52 Å². The van der Waals surface area contributed by atoms with Crippen LogP contribution in [0.5, 0.6) is 0 Å². The minimum Gasteiger partial charge on any atom is -0.408 e. The van der Waals surface area contributed by atoms with Crippen LogP contribution >= 0.6 is 12.2 Å². The van der Waals surface area contributed by atoms with Gasteiger partial charge in [0, 0.05) is 24.5 Å². The molecule has 1 N–H and O–H groups in total. The Morgan fingerprint density at radius 3 is 3.00 bits per heavy atom. The molecular formula is C12H9N3O2S. The molecule has 0 bridgehead atoms. The number of nitrogens with one attached hydrogen (secondary N) is 1. The first-order valence-electron chi connectivity index (χ1n) is 5.30. The van der Waals surface area contributed by atoms with Gasteiger partial charge in [-0.15, -0.1) is 0 Å². The molecule has 5 nitrogen and oxygen atoms in total. The van der Waals surface area contributed by atoms with E-state index in [0.717, 1.165) is 16.8 Å². The Kier molecular flexibility index (Phi) is 2.38. The van der Waals surface area contributed by atoms with E-state index in [4.69, 9.17) is 16.6 Å². The van der Waals surface area contributed by atoms with Crippen molar-refractivity contribution in [2.45, 2.75) is 0 Å². The SMILES string of the molecule is Cn1c(=O)oc2cc(-c3ccnc(=S)[nH]3)ccc21. The molecule has 0 radical (unpaired) electrons. The van der Waals surface area contributed by atoms with Gasteiger partial charge >= 0.3 is 5.76 Å². The van der Waals surface area contributed by atoms with Crippen molar-refractivity contribution in [1.29, 1.82) is 0 Å². The van der Waals surface area contributed by atoms with E-state index >= 15 is 0 Å². The summed E-state index contributed by atoms with van der Waals surface area (Å²) < 4.78 is 7.03. The molecule has 0 amide bonds. The van der Waals surface area contributed by atoms with Gasteiger partial charge in [-0.2, -0.15) is 0 Å². The molecule has 2 heterocycles. The summed E-state index contributed by atoms with van der Waals surface area (Å²) in [5.74, 6) is -0.371. The summed E-state index contributed by atoms with van der Waals surface area (Å²) in [6.07, 6.45) is 1.64. The number of nitrogens with zero attached hydrogens (tertiary/aromatic N) is 2. The van der Waals surface area contributed by atoms with E-state index in [-0.39, 0.29) is 5.76 Å². The topological polar surface area (TPSA) is 63.8 Å². The third-order valence-electron chi connectivity index (χ3n) is 2.78. The molecule has 3 rings (SSSR count). The highest BCUT2D eigenvalue weighted by atomic mass is 32.1. The van der Waals surface area contributed by atoms with E-state index in [1.54, 1.807) is 19.3 Å². The quantitative estimate of drug-likeness (QED) is 0.681. The molecular weight excluding hydrogens is 250 g/mol. The lowest BCUT2D eigenvalue weighted by atomic mass is 10.1. The van der Waals surface area contributed by atoms with Crippen molar-refractivity contribution >= 4 is 23.3 Å². The zero-order valence-electron chi connectivity index (χ0n) is 9.51. The number of hydrogen-bond donors (Lipinski definition) is 1. The second kappa shape index (κ2) is 3.92. The molecule has 0 atom stereocenters. The average Bonchev–Trinajstić information content (AvgIpc) is 2.65. The maximum atomic E-state index is 11.4. The maximum absolute atomic E-state index is 11.4. The lowest BCUT2D eigenvalue weighted by Gasteiger charge is -2.01. The van der Waals surface area contributed by atoms with Gasteiger partial charge in [-0.3, -0.25) is 4.57 Å². The van der Waals surface area contributed by atoms with Crippen LogP contribution in [0.3, 0.4) is 0 Å². The van der Waals surface area contributed by atoms with Crippen molar-refractivity contribution in [2.75, 3.05) is 0 Å². The van der Waals surface area contributed by atoms with Crippen LogP contribution in [0, 0.1) is 4.77 Å². The standard InChI is InChI=1S/C12H9N3O2S/c1-15-9-3-2-7(6-10(9)17-12(15)16)8-4-5-13-11(18)14-8/h2-6H,1H3,(H,13,14,18). The van der Waals surface area contributed by atoms with Gasteiger partial charge in [0.25, 0.3) is 0 Å². The number of benzene rings is 1. The predicted octanol–water partition coefficient (Wildman–Crippen LogP) is 2.25. The highest BCUT2D eigenvalue weighted by molar-refractivity contribution is 7.71. The largest absolute Gasteiger partial charge is 0.419 e. The van der Waals surface area contributed by atoms with Crippen LogP contribution in [0.15, 0.2) is 39.7 Å². The molecule has 0 aliphatic heterocycles. The van der Waals surface area contributed by atoms with Gasteiger partial charge in [-0.25, -0.2) is 9.78 Å². The first kappa shape index (κ1) is 10.9. The summed E-state index contributed by atoms with van der Waals surface area (Å²) in [5, 5.41) is 0. The van der Waals surface area contributed by atoms with Gasteiger partial charge in [0.2, 0.25) is 0 Å². The molecule has 0 aliphatic rings. The summed E-state index contributed by atoms with van der Waals surface area (Å²) in [6, 6.07) is 7.36. The third-order valence-corrected chi connectivity index (χ3v) is 2.99. The molecule has 0 spiro atoms. The predicted molar refractivity (Wildman–Crippen MR) is 69.9 cm³/mol. The summed E-state index contributed by atoms with van der Waals surface area (Å²) in [7, 11) is 1.67. The Morgan fingerprint density at radius 2 is 2.22 bits per heavy atom. The molecule has 0 saturated heterocycles. The van der Waals surface area contributed by atoms with E-state index in [1.165, 1.54) is 4.57 Å². The third kappa shape index (κ3) is 1.67. The first-order chi connectivity index (χ1) is 8.65. The number of aromatic amines is 1. The number of H-pyrrole nitrogens is 1. The Morgan fingerprint density at radius 1 is 1.39 bits per heavy atom. The Labute approximate surface area is 107 Å². The fourth-order valence-electron chi connectivity index (χ4n) is 1.84. The molecule has 0 aliphatic carbocycles. The van der Waals surface area contributed by atoms with Crippen LogP contribution in [0.25, 0.3) is 22.4 Å². The molecule has 6 heteroatoms. The van der Waals surface area contributed by atoms with E-state index in [9.17, 15) is 4.79 Å². The summed E-state index contributed by atoms with van der Waals surface area (Å²) in [6.45, 7) is 0. The zero-order valence-corrected chi connectivity index (χ0v) is 10.3. The van der Waals surface area contributed by atoms with Crippen LogP contribution in [0.4, 0.5) is 0 Å². The molecule has 0 saturated carbocycles. The summed E-state index contributed by atoms with van der Waals surface area (Å²) in [4.78, 5) is 18.3. The van der Waals surface area contributed by atoms with Crippen molar-refractivity contribution in [3.63, 3.8) is 0 Å². The number of rotatable bonds is 1. The van der Waals surface area contributed by atoms with Gasteiger partial charge in [0.1, 0.15) is 0 Å². The lowest BCUT2D eigenvalue weighted by Crippen LogP contribution is -2.08. The van der Waals surface area contributed by atoms with Gasteiger partial charge in [-0.05, 0) is 30.4 Å². The average molecular weight is 259 g/mol. The second-order valence-electron chi connectivity index (χ2n) is 3.90. The minimum absolute atomic E-state index is 0.371. The number of aromatic nitrogens is 3. The highest BCUT2D eigenvalue weighted by Gasteiger charge is 2.07. The molecule has 0 fully saturated rings. The smallest absolute Gasteiger partial charge is 0.408 e. The van der Waals surface area contributed by atoms with Gasteiger partial charge in [0.15, 0.2) is 10.4 Å². The second-order valence-corrected chi connectivity index (χ2v) is 4.28. The highest BCUT2D eigenvalue weighted by Crippen LogP contribution is 2.21. The fraction of sp³-hybridized carbons (Fsp3) is 0.0833. The number of oxazole rings is 1. The van der Waals surface area contributed by atoms with Gasteiger partial charge < -0.3 is 9.40 Å².